The second kappa shape index (κ2) is 7.56. The summed E-state index contributed by atoms with van der Waals surface area (Å²) in [4.78, 5) is 0. The Hall–Kier alpha value is -0.740. The van der Waals surface area contributed by atoms with E-state index >= 15 is 0 Å². The van der Waals surface area contributed by atoms with E-state index in [9.17, 15) is 0 Å². The van der Waals surface area contributed by atoms with Gasteiger partial charge in [0.2, 0.25) is 5.75 Å². The van der Waals surface area contributed by atoms with Gasteiger partial charge in [0, 0.05) is 11.6 Å². The van der Waals surface area contributed by atoms with Crippen LogP contribution in [0.5, 0.6) is 17.2 Å². The zero-order chi connectivity index (χ0) is 12.7. The maximum Gasteiger partial charge on any atom is 0.203 e. The zero-order valence-corrected chi connectivity index (χ0v) is 11.9. The largest absolute Gasteiger partial charge is 0.493 e. The van der Waals surface area contributed by atoms with Gasteiger partial charge in [-0.1, -0.05) is 0 Å². The Bertz CT molecular complexity index is 333. The van der Waals surface area contributed by atoms with E-state index in [1.54, 1.807) is 26.0 Å². The van der Waals surface area contributed by atoms with Gasteiger partial charge in [-0.2, -0.15) is 11.8 Å². The number of benzene rings is 1. The molecule has 0 saturated carbocycles. The Balaban J connectivity index is 2.98. The molecule has 0 amide bonds. The average Bonchev–Trinajstić information content (AvgIpc) is 2.38. The molecule has 0 fully saturated rings. The maximum absolute atomic E-state index is 5.81. The lowest BCUT2D eigenvalue weighted by Crippen LogP contribution is -2.03. The van der Waals surface area contributed by atoms with Crippen LogP contribution in [0, 0.1) is 0 Å². The highest BCUT2D eigenvalue weighted by molar-refractivity contribution is 7.98. The van der Waals surface area contributed by atoms with Gasteiger partial charge in [0.15, 0.2) is 11.5 Å². The summed E-state index contributed by atoms with van der Waals surface area (Å²) in [5.74, 6) is 3.28. The van der Waals surface area contributed by atoms with Crippen LogP contribution in [0.15, 0.2) is 12.1 Å². The third-order valence-electron chi connectivity index (χ3n) is 2.21. The van der Waals surface area contributed by atoms with Gasteiger partial charge >= 0.3 is 0 Å². The van der Waals surface area contributed by atoms with Crippen molar-refractivity contribution < 1.29 is 14.2 Å². The lowest BCUT2D eigenvalue weighted by molar-refractivity contribution is 0.290. The molecule has 0 spiro atoms. The van der Waals surface area contributed by atoms with Crippen molar-refractivity contribution in [1.29, 1.82) is 0 Å². The highest BCUT2D eigenvalue weighted by Crippen LogP contribution is 2.38. The SMILES string of the molecule is COc1cc(CCl)cc(OC)c1OCCSC. The van der Waals surface area contributed by atoms with Gasteiger partial charge in [0.1, 0.15) is 0 Å². The Kier molecular flexibility index (Phi) is 6.37. The predicted octanol–water partition coefficient (Wildman–Crippen LogP) is 3.18. The van der Waals surface area contributed by atoms with E-state index in [4.69, 9.17) is 25.8 Å². The summed E-state index contributed by atoms with van der Waals surface area (Å²) in [6.45, 7) is 0.619. The average molecular weight is 277 g/mol. The van der Waals surface area contributed by atoms with Crippen LogP contribution in [0.1, 0.15) is 5.56 Å². The minimum atomic E-state index is 0.414. The van der Waals surface area contributed by atoms with Crippen molar-refractivity contribution in [2.75, 3.05) is 32.8 Å². The first-order valence-corrected chi connectivity index (χ1v) is 7.12. The van der Waals surface area contributed by atoms with E-state index in [0.717, 1.165) is 11.3 Å². The molecule has 17 heavy (non-hydrogen) atoms. The third kappa shape index (κ3) is 3.89. The second-order valence-electron chi connectivity index (χ2n) is 3.30. The standard InChI is InChI=1S/C12H17ClO3S/c1-14-10-6-9(8-13)7-11(15-2)12(10)16-4-5-17-3/h6-7H,4-5,8H2,1-3H3. The monoisotopic (exact) mass is 276 g/mol. The molecule has 0 aliphatic rings. The smallest absolute Gasteiger partial charge is 0.203 e. The zero-order valence-electron chi connectivity index (χ0n) is 10.3. The summed E-state index contributed by atoms with van der Waals surface area (Å²) in [7, 11) is 3.21. The van der Waals surface area contributed by atoms with E-state index in [-0.39, 0.29) is 0 Å². The summed E-state index contributed by atoms with van der Waals surface area (Å²) in [6.07, 6.45) is 2.04. The summed E-state index contributed by atoms with van der Waals surface area (Å²) in [5, 5.41) is 0. The number of thioether (sulfide) groups is 1. The fraction of sp³-hybridized carbons (Fsp3) is 0.500. The van der Waals surface area contributed by atoms with Gasteiger partial charge in [0.25, 0.3) is 0 Å². The fourth-order valence-electron chi connectivity index (χ4n) is 1.38. The highest BCUT2D eigenvalue weighted by atomic mass is 35.5. The van der Waals surface area contributed by atoms with Gasteiger partial charge in [-0.3, -0.25) is 0 Å². The van der Waals surface area contributed by atoms with Crippen molar-refractivity contribution in [1.82, 2.24) is 0 Å². The molecule has 0 heterocycles. The summed E-state index contributed by atoms with van der Waals surface area (Å²) in [5.41, 5.74) is 0.942. The molecule has 0 aliphatic carbocycles. The minimum absolute atomic E-state index is 0.414. The molecule has 5 heteroatoms. The molecule has 1 rings (SSSR count). The molecule has 1 aromatic carbocycles. The van der Waals surface area contributed by atoms with Crippen LogP contribution in [0.4, 0.5) is 0 Å². The Morgan fingerprint density at radius 1 is 1.18 bits per heavy atom. The molecule has 0 aliphatic heterocycles. The van der Waals surface area contributed by atoms with Gasteiger partial charge in [-0.05, 0) is 24.0 Å². The molecule has 0 atom stereocenters. The number of ether oxygens (including phenoxy) is 3. The van der Waals surface area contributed by atoms with Crippen LogP contribution in [0.2, 0.25) is 0 Å². The first-order valence-electron chi connectivity index (χ1n) is 5.19. The quantitative estimate of drug-likeness (QED) is 0.565. The Labute approximate surface area is 111 Å². The molecular weight excluding hydrogens is 260 g/mol. The Morgan fingerprint density at radius 3 is 2.18 bits per heavy atom. The van der Waals surface area contributed by atoms with Crippen molar-refractivity contribution in [3.05, 3.63) is 17.7 Å². The predicted molar refractivity (Wildman–Crippen MR) is 73.0 cm³/mol. The number of halogens is 1. The lowest BCUT2D eigenvalue weighted by Gasteiger charge is -2.15. The van der Waals surface area contributed by atoms with E-state index in [2.05, 4.69) is 0 Å². The highest BCUT2D eigenvalue weighted by Gasteiger charge is 2.13. The summed E-state index contributed by atoms with van der Waals surface area (Å²) >= 11 is 7.54. The van der Waals surface area contributed by atoms with Gasteiger partial charge in [0.05, 0.1) is 20.8 Å². The summed E-state index contributed by atoms with van der Waals surface area (Å²) < 4.78 is 16.3. The number of methoxy groups -OCH3 is 2. The van der Waals surface area contributed by atoms with E-state index in [1.807, 2.05) is 18.4 Å². The topological polar surface area (TPSA) is 27.7 Å². The van der Waals surface area contributed by atoms with Crippen LogP contribution in [0.25, 0.3) is 0 Å². The maximum atomic E-state index is 5.81. The molecule has 0 saturated heterocycles. The number of alkyl halides is 1. The van der Waals surface area contributed by atoms with E-state index in [1.165, 1.54) is 0 Å². The van der Waals surface area contributed by atoms with Crippen molar-refractivity contribution in [3.8, 4) is 17.2 Å². The first-order chi connectivity index (χ1) is 8.26. The Morgan fingerprint density at radius 2 is 1.76 bits per heavy atom. The molecule has 0 N–H and O–H groups in total. The van der Waals surface area contributed by atoms with Crippen molar-refractivity contribution >= 4 is 23.4 Å². The molecule has 1 aromatic rings. The third-order valence-corrected chi connectivity index (χ3v) is 3.09. The van der Waals surface area contributed by atoms with E-state index < -0.39 is 0 Å². The molecule has 3 nitrogen and oxygen atoms in total. The lowest BCUT2D eigenvalue weighted by atomic mass is 10.2. The van der Waals surface area contributed by atoms with Crippen LogP contribution in [-0.4, -0.2) is 32.8 Å². The van der Waals surface area contributed by atoms with E-state index in [0.29, 0.717) is 29.7 Å². The molecule has 0 radical (unpaired) electrons. The molecule has 0 unspecified atom stereocenters. The van der Waals surface area contributed by atoms with Crippen LogP contribution in [-0.2, 0) is 5.88 Å². The van der Waals surface area contributed by atoms with Gasteiger partial charge in [-0.25, -0.2) is 0 Å². The van der Waals surface area contributed by atoms with Crippen LogP contribution < -0.4 is 14.2 Å². The number of hydrogen-bond donors (Lipinski definition) is 0. The first kappa shape index (κ1) is 14.3. The van der Waals surface area contributed by atoms with Gasteiger partial charge < -0.3 is 14.2 Å². The summed E-state index contributed by atoms with van der Waals surface area (Å²) in [6, 6.07) is 3.73. The number of hydrogen-bond acceptors (Lipinski definition) is 4. The normalized spacial score (nSPS) is 10.1. The van der Waals surface area contributed by atoms with Crippen LogP contribution in [0.3, 0.4) is 0 Å². The minimum Gasteiger partial charge on any atom is -0.493 e. The fourth-order valence-corrected chi connectivity index (χ4v) is 1.78. The second-order valence-corrected chi connectivity index (χ2v) is 4.56. The van der Waals surface area contributed by atoms with Crippen molar-refractivity contribution in [3.63, 3.8) is 0 Å². The number of rotatable bonds is 7. The van der Waals surface area contributed by atoms with Crippen molar-refractivity contribution in [2.45, 2.75) is 5.88 Å². The molecule has 96 valence electrons. The van der Waals surface area contributed by atoms with Crippen LogP contribution >= 0.6 is 23.4 Å². The van der Waals surface area contributed by atoms with Gasteiger partial charge in [-0.15, -0.1) is 11.6 Å². The van der Waals surface area contributed by atoms with Crippen molar-refractivity contribution in [2.24, 2.45) is 0 Å². The molecule has 0 aromatic heterocycles. The molecular formula is C12H17ClO3S. The molecule has 0 bridgehead atoms.